The van der Waals surface area contributed by atoms with E-state index in [9.17, 15) is 9.59 Å². The number of carbonyl (C=O) groups excluding carboxylic acids is 1. The zero-order valence-corrected chi connectivity index (χ0v) is 13.0. The third-order valence-electron chi connectivity index (χ3n) is 3.97. The summed E-state index contributed by atoms with van der Waals surface area (Å²) in [6.07, 6.45) is 0.138. The van der Waals surface area contributed by atoms with E-state index in [0.29, 0.717) is 44.0 Å². The number of nitrogens with zero attached hydrogens (tertiary/aromatic N) is 2. The summed E-state index contributed by atoms with van der Waals surface area (Å²) in [5.41, 5.74) is 1.52. The number of carbonyl (C=O) groups is 2. The number of amides is 1. The molecule has 6 heteroatoms. The third kappa shape index (κ3) is 3.76. The number of aryl methyl sites for hydroxylation is 1. The SMILES string of the molecule is COc1cccc(C)c1C(=O)N1CCN(CCC(=O)O)CC1. The van der Waals surface area contributed by atoms with Gasteiger partial charge >= 0.3 is 5.97 Å². The minimum Gasteiger partial charge on any atom is -0.496 e. The van der Waals surface area contributed by atoms with Gasteiger partial charge in [-0.15, -0.1) is 0 Å². The van der Waals surface area contributed by atoms with E-state index in [-0.39, 0.29) is 12.3 Å². The van der Waals surface area contributed by atoms with Crippen LogP contribution >= 0.6 is 0 Å². The Kier molecular flexibility index (Phi) is 5.38. The molecular weight excluding hydrogens is 284 g/mol. The van der Waals surface area contributed by atoms with E-state index in [2.05, 4.69) is 4.90 Å². The largest absolute Gasteiger partial charge is 0.496 e. The van der Waals surface area contributed by atoms with Gasteiger partial charge < -0.3 is 14.7 Å². The normalized spacial score (nSPS) is 15.6. The molecule has 1 heterocycles. The summed E-state index contributed by atoms with van der Waals surface area (Å²) < 4.78 is 5.30. The zero-order chi connectivity index (χ0) is 16.1. The lowest BCUT2D eigenvalue weighted by Crippen LogP contribution is -2.49. The van der Waals surface area contributed by atoms with Crippen molar-refractivity contribution >= 4 is 11.9 Å². The number of benzene rings is 1. The molecule has 0 bridgehead atoms. The van der Waals surface area contributed by atoms with Crippen LogP contribution < -0.4 is 4.74 Å². The fraction of sp³-hybridized carbons (Fsp3) is 0.500. The summed E-state index contributed by atoms with van der Waals surface area (Å²) in [4.78, 5) is 27.2. The molecule has 1 aliphatic heterocycles. The van der Waals surface area contributed by atoms with Crippen molar-refractivity contribution in [3.8, 4) is 5.75 Å². The maximum absolute atomic E-state index is 12.7. The Bertz CT molecular complexity index is 551. The summed E-state index contributed by atoms with van der Waals surface area (Å²) in [7, 11) is 1.56. The minimum atomic E-state index is -0.789. The highest BCUT2D eigenvalue weighted by atomic mass is 16.5. The number of hydrogen-bond acceptors (Lipinski definition) is 4. The van der Waals surface area contributed by atoms with Crippen molar-refractivity contribution in [3.63, 3.8) is 0 Å². The van der Waals surface area contributed by atoms with Crippen LogP contribution in [-0.2, 0) is 4.79 Å². The Morgan fingerprint density at radius 1 is 1.23 bits per heavy atom. The van der Waals surface area contributed by atoms with Crippen molar-refractivity contribution in [2.24, 2.45) is 0 Å². The van der Waals surface area contributed by atoms with Crippen LogP contribution in [0, 0.1) is 6.92 Å². The second kappa shape index (κ2) is 7.26. The highest BCUT2D eigenvalue weighted by Gasteiger charge is 2.25. The quantitative estimate of drug-likeness (QED) is 0.886. The van der Waals surface area contributed by atoms with E-state index in [1.54, 1.807) is 13.2 Å². The van der Waals surface area contributed by atoms with E-state index < -0.39 is 5.97 Å². The molecule has 1 amide bonds. The van der Waals surface area contributed by atoms with Gasteiger partial charge in [0.2, 0.25) is 0 Å². The van der Waals surface area contributed by atoms with Gasteiger partial charge in [-0.3, -0.25) is 14.5 Å². The fourth-order valence-corrected chi connectivity index (χ4v) is 2.67. The lowest BCUT2D eigenvalue weighted by atomic mass is 10.1. The molecular formula is C16H22N2O4. The molecule has 0 aliphatic carbocycles. The molecule has 1 aromatic carbocycles. The van der Waals surface area contributed by atoms with Crippen LogP contribution in [0.1, 0.15) is 22.3 Å². The molecule has 2 rings (SSSR count). The maximum atomic E-state index is 12.7. The first-order valence-electron chi connectivity index (χ1n) is 7.40. The van der Waals surface area contributed by atoms with E-state index in [0.717, 1.165) is 5.56 Å². The summed E-state index contributed by atoms with van der Waals surface area (Å²) in [6.45, 7) is 5.05. The number of methoxy groups -OCH3 is 1. The van der Waals surface area contributed by atoms with Crippen molar-refractivity contribution in [1.29, 1.82) is 0 Å². The monoisotopic (exact) mass is 306 g/mol. The smallest absolute Gasteiger partial charge is 0.304 e. The van der Waals surface area contributed by atoms with E-state index in [1.807, 2.05) is 24.0 Å². The molecule has 6 nitrogen and oxygen atoms in total. The van der Waals surface area contributed by atoms with Crippen molar-refractivity contribution in [3.05, 3.63) is 29.3 Å². The second-order valence-electron chi connectivity index (χ2n) is 5.43. The van der Waals surface area contributed by atoms with Crippen molar-refractivity contribution < 1.29 is 19.4 Å². The molecule has 0 saturated carbocycles. The van der Waals surface area contributed by atoms with Crippen LogP contribution in [0.2, 0.25) is 0 Å². The Hall–Kier alpha value is -2.08. The molecule has 0 atom stereocenters. The highest BCUT2D eigenvalue weighted by molar-refractivity contribution is 5.98. The molecule has 1 aliphatic rings. The van der Waals surface area contributed by atoms with Crippen LogP contribution in [0.25, 0.3) is 0 Å². The van der Waals surface area contributed by atoms with Gasteiger partial charge in [0.1, 0.15) is 5.75 Å². The standard InChI is InChI=1S/C16H22N2O4/c1-12-4-3-5-13(22-2)15(12)16(21)18-10-8-17(9-11-18)7-6-14(19)20/h3-5H,6-11H2,1-2H3,(H,19,20). The van der Waals surface area contributed by atoms with E-state index in [1.165, 1.54) is 0 Å². The van der Waals surface area contributed by atoms with Gasteiger partial charge in [0.05, 0.1) is 19.1 Å². The van der Waals surface area contributed by atoms with Crippen LogP contribution in [0.15, 0.2) is 18.2 Å². The molecule has 120 valence electrons. The number of carboxylic acid groups (broad SMARTS) is 1. The molecule has 1 N–H and O–H groups in total. The van der Waals surface area contributed by atoms with E-state index in [4.69, 9.17) is 9.84 Å². The third-order valence-corrected chi connectivity index (χ3v) is 3.97. The number of hydrogen-bond donors (Lipinski definition) is 1. The summed E-state index contributed by atoms with van der Waals surface area (Å²) in [5.74, 6) is -0.214. The van der Waals surface area contributed by atoms with Gasteiger partial charge in [-0.25, -0.2) is 0 Å². The van der Waals surface area contributed by atoms with Crippen LogP contribution in [0.4, 0.5) is 0 Å². The topological polar surface area (TPSA) is 70.1 Å². The van der Waals surface area contributed by atoms with Crippen molar-refractivity contribution in [2.45, 2.75) is 13.3 Å². The molecule has 0 aromatic heterocycles. The molecule has 1 fully saturated rings. The highest BCUT2D eigenvalue weighted by Crippen LogP contribution is 2.24. The lowest BCUT2D eigenvalue weighted by molar-refractivity contribution is -0.137. The summed E-state index contributed by atoms with van der Waals surface area (Å²) >= 11 is 0. The molecule has 1 aromatic rings. The number of rotatable bonds is 5. The average Bonchev–Trinajstić information content (AvgIpc) is 2.52. The maximum Gasteiger partial charge on any atom is 0.304 e. The Morgan fingerprint density at radius 3 is 2.50 bits per heavy atom. The second-order valence-corrected chi connectivity index (χ2v) is 5.43. The van der Waals surface area contributed by atoms with Gasteiger partial charge in [-0.05, 0) is 18.6 Å². The van der Waals surface area contributed by atoms with Gasteiger partial charge in [-0.2, -0.15) is 0 Å². The number of aliphatic carboxylic acids is 1. The summed E-state index contributed by atoms with van der Waals surface area (Å²) in [6, 6.07) is 5.57. The Balaban J connectivity index is 2.00. The first kappa shape index (κ1) is 16.3. The molecule has 0 spiro atoms. The molecule has 1 saturated heterocycles. The zero-order valence-electron chi connectivity index (χ0n) is 13.0. The Morgan fingerprint density at radius 2 is 1.91 bits per heavy atom. The van der Waals surface area contributed by atoms with Gasteiger partial charge in [0, 0.05) is 32.7 Å². The lowest BCUT2D eigenvalue weighted by Gasteiger charge is -2.35. The first-order chi connectivity index (χ1) is 10.5. The van der Waals surface area contributed by atoms with Gasteiger partial charge in [0.25, 0.3) is 5.91 Å². The molecule has 22 heavy (non-hydrogen) atoms. The number of carboxylic acids is 1. The molecule has 0 unspecified atom stereocenters. The Labute approximate surface area is 130 Å². The predicted molar refractivity (Wildman–Crippen MR) is 82.3 cm³/mol. The van der Waals surface area contributed by atoms with Gasteiger partial charge in [0.15, 0.2) is 0 Å². The predicted octanol–water partition coefficient (Wildman–Crippen LogP) is 1.24. The first-order valence-corrected chi connectivity index (χ1v) is 7.40. The van der Waals surface area contributed by atoms with Gasteiger partial charge in [-0.1, -0.05) is 12.1 Å². The summed E-state index contributed by atoms with van der Waals surface area (Å²) in [5, 5.41) is 8.72. The number of piperazine rings is 1. The van der Waals surface area contributed by atoms with Crippen LogP contribution in [0.3, 0.4) is 0 Å². The van der Waals surface area contributed by atoms with E-state index >= 15 is 0 Å². The van der Waals surface area contributed by atoms with Crippen molar-refractivity contribution in [1.82, 2.24) is 9.80 Å². The molecule has 0 radical (unpaired) electrons. The fourth-order valence-electron chi connectivity index (χ4n) is 2.67. The van der Waals surface area contributed by atoms with Crippen LogP contribution in [-0.4, -0.2) is 66.6 Å². The number of ether oxygens (including phenoxy) is 1. The van der Waals surface area contributed by atoms with Crippen molar-refractivity contribution in [2.75, 3.05) is 39.8 Å². The minimum absolute atomic E-state index is 0.0205. The van der Waals surface area contributed by atoms with Crippen LogP contribution in [0.5, 0.6) is 5.75 Å². The average molecular weight is 306 g/mol.